The van der Waals surface area contributed by atoms with Crippen LogP contribution in [0.2, 0.25) is 0 Å². The highest BCUT2D eigenvalue weighted by Crippen LogP contribution is 2.27. The molecule has 0 bridgehead atoms. The molecule has 1 N–H and O–H groups in total. The largest absolute Gasteiger partial charge is 0.491 e. The molecule has 0 spiro atoms. The number of rotatable bonds is 10. The average Bonchev–Trinajstić information content (AvgIpc) is 2.62. The second-order valence-electron chi connectivity index (χ2n) is 6.70. The van der Waals surface area contributed by atoms with E-state index in [1.807, 2.05) is 13.8 Å². The molecule has 154 valence electrons. The molecular formula is C20H27FN2O5. The van der Waals surface area contributed by atoms with Crippen molar-refractivity contribution >= 4 is 12.0 Å². The van der Waals surface area contributed by atoms with Gasteiger partial charge in [0, 0.05) is 12.6 Å². The van der Waals surface area contributed by atoms with Gasteiger partial charge in [0.15, 0.2) is 0 Å². The van der Waals surface area contributed by atoms with E-state index in [4.69, 9.17) is 14.2 Å². The van der Waals surface area contributed by atoms with Gasteiger partial charge in [-0.25, -0.2) is 9.18 Å². The van der Waals surface area contributed by atoms with E-state index >= 15 is 0 Å². The maximum Gasteiger partial charge on any atom is 0.407 e. The maximum absolute atomic E-state index is 13.4. The number of nitrogens with zero attached hydrogens (tertiary/aromatic N) is 1. The molecule has 1 aromatic carbocycles. The Hall–Kier alpha value is -2.61. The van der Waals surface area contributed by atoms with Crippen LogP contribution < -0.4 is 10.1 Å². The predicted molar refractivity (Wildman–Crippen MR) is 102 cm³/mol. The summed E-state index contributed by atoms with van der Waals surface area (Å²) in [5, 5.41) is 2.58. The van der Waals surface area contributed by atoms with Crippen LogP contribution in [0.5, 0.6) is 5.75 Å². The van der Waals surface area contributed by atoms with Crippen LogP contribution in [0.4, 0.5) is 9.18 Å². The standard InChI is InChI=1S/C20H27FN2O5/c1-4-19(24)23-12-16(13-23)28-20(25)22-7-8-26-9-10-27-18-11-15(21)5-6-17(18)14(2)3/h4-6,11,14,16H,1,7-10,12-13H2,2-3H3,(H,22,25). The van der Waals surface area contributed by atoms with Gasteiger partial charge in [-0.1, -0.05) is 26.5 Å². The fraction of sp³-hybridized carbons (Fsp3) is 0.500. The molecule has 0 aromatic heterocycles. The van der Waals surface area contributed by atoms with Crippen LogP contribution in [0.3, 0.4) is 0 Å². The number of likely N-dealkylation sites (tertiary alicyclic amines) is 1. The highest BCUT2D eigenvalue weighted by molar-refractivity contribution is 5.87. The molecule has 1 fully saturated rings. The van der Waals surface area contributed by atoms with Crippen LogP contribution in [-0.2, 0) is 14.3 Å². The zero-order valence-electron chi connectivity index (χ0n) is 16.3. The summed E-state index contributed by atoms with van der Waals surface area (Å²) in [5.41, 5.74) is 0.940. The van der Waals surface area contributed by atoms with Gasteiger partial charge < -0.3 is 24.4 Å². The van der Waals surface area contributed by atoms with Crippen LogP contribution in [0.1, 0.15) is 25.3 Å². The summed E-state index contributed by atoms with van der Waals surface area (Å²) in [5.74, 6) is 0.232. The minimum Gasteiger partial charge on any atom is -0.491 e. The second kappa shape index (κ2) is 10.7. The van der Waals surface area contributed by atoms with Crippen molar-refractivity contribution in [3.05, 3.63) is 42.2 Å². The van der Waals surface area contributed by atoms with Gasteiger partial charge in [-0.15, -0.1) is 0 Å². The monoisotopic (exact) mass is 394 g/mol. The van der Waals surface area contributed by atoms with Gasteiger partial charge in [0.05, 0.1) is 26.3 Å². The van der Waals surface area contributed by atoms with Crippen molar-refractivity contribution in [2.45, 2.75) is 25.9 Å². The number of ether oxygens (including phenoxy) is 3. The summed E-state index contributed by atoms with van der Waals surface area (Å²) in [7, 11) is 0. The van der Waals surface area contributed by atoms with Gasteiger partial charge in [0.1, 0.15) is 24.3 Å². The van der Waals surface area contributed by atoms with E-state index in [0.29, 0.717) is 32.1 Å². The van der Waals surface area contributed by atoms with Crippen molar-refractivity contribution in [2.24, 2.45) is 0 Å². The lowest BCUT2D eigenvalue weighted by atomic mass is 10.0. The third kappa shape index (κ3) is 6.53. The number of hydrogen-bond donors (Lipinski definition) is 1. The second-order valence-corrected chi connectivity index (χ2v) is 6.70. The lowest BCUT2D eigenvalue weighted by Gasteiger charge is -2.37. The van der Waals surface area contributed by atoms with Gasteiger partial charge in [-0.2, -0.15) is 0 Å². The molecule has 0 radical (unpaired) electrons. The number of benzene rings is 1. The zero-order valence-corrected chi connectivity index (χ0v) is 16.3. The van der Waals surface area contributed by atoms with Crippen molar-refractivity contribution in [1.82, 2.24) is 10.2 Å². The Kier molecular flexibility index (Phi) is 8.25. The van der Waals surface area contributed by atoms with E-state index in [1.165, 1.54) is 23.1 Å². The topological polar surface area (TPSA) is 77.1 Å². The Morgan fingerprint density at radius 3 is 2.75 bits per heavy atom. The lowest BCUT2D eigenvalue weighted by molar-refractivity contribution is -0.135. The molecule has 2 amide bonds. The third-order valence-corrected chi connectivity index (χ3v) is 4.21. The molecular weight excluding hydrogens is 367 g/mol. The van der Waals surface area contributed by atoms with Gasteiger partial charge >= 0.3 is 6.09 Å². The molecule has 0 aliphatic carbocycles. The van der Waals surface area contributed by atoms with Crippen molar-refractivity contribution in [1.29, 1.82) is 0 Å². The molecule has 8 heteroatoms. The van der Waals surface area contributed by atoms with Crippen molar-refractivity contribution in [3.63, 3.8) is 0 Å². The van der Waals surface area contributed by atoms with Gasteiger partial charge in [0.2, 0.25) is 5.91 Å². The van der Waals surface area contributed by atoms with Crippen LogP contribution in [0.15, 0.2) is 30.9 Å². The number of carbonyl (C=O) groups excluding carboxylic acids is 2. The highest BCUT2D eigenvalue weighted by Gasteiger charge is 2.32. The summed E-state index contributed by atoms with van der Waals surface area (Å²) in [4.78, 5) is 24.5. The molecule has 1 heterocycles. The number of amides is 2. The van der Waals surface area contributed by atoms with E-state index in [2.05, 4.69) is 11.9 Å². The first-order valence-electron chi connectivity index (χ1n) is 9.26. The summed E-state index contributed by atoms with van der Waals surface area (Å²) in [6.07, 6.45) is 0.395. The Morgan fingerprint density at radius 2 is 2.07 bits per heavy atom. The van der Waals surface area contributed by atoms with Gasteiger partial charge in [0.25, 0.3) is 0 Å². The first-order valence-corrected chi connectivity index (χ1v) is 9.26. The van der Waals surface area contributed by atoms with E-state index in [-0.39, 0.29) is 36.9 Å². The number of hydrogen-bond acceptors (Lipinski definition) is 5. The predicted octanol–water partition coefficient (Wildman–Crippen LogP) is 2.47. The summed E-state index contributed by atoms with van der Waals surface area (Å²) < 4.78 is 29.5. The Balaban J connectivity index is 1.53. The SMILES string of the molecule is C=CC(=O)N1CC(OC(=O)NCCOCCOc2cc(F)ccc2C(C)C)C1. The lowest BCUT2D eigenvalue weighted by Crippen LogP contribution is -2.55. The quantitative estimate of drug-likeness (QED) is 0.487. The third-order valence-electron chi connectivity index (χ3n) is 4.21. The fourth-order valence-corrected chi connectivity index (χ4v) is 2.66. The average molecular weight is 394 g/mol. The fourth-order valence-electron chi connectivity index (χ4n) is 2.66. The minimum absolute atomic E-state index is 0.172. The number of alkyl carbamates (subject to hydrolysis) is 1. The van der Waals surface area contributed by atoms with Crippen LogP contribution in [0.25, 0.3) is 0 Å². The molecule has 1 aliphatic rings. The normalized spacial score (nSPS) is 13.8. The summed E-state index contributed by atoms with van der Waals surface area (Å²) >= 11 is 0. The number of carbonyl (C=O) groups is 2. The molecule has 0 unspecified atom stereocenters. The zero-order chi connectivity index (χ0) is 20.5. The van der Waals surface area contributed by atoms with E-state index in [0.717, 1.165) is 5.56 Å². The Labute approximate surface area is 164 Å². The van der Waals surface area contributed by atoms with Gasteiger partial charge in [-0.05, 0) is 23.6 Å². The van der Waals surface area contributed by atoms with Crippen molar-refractivity contribution in [3.8, 4) is 5.75 Å². The van der Waals surface area contributed by atoms with E-state index in [1.54, 1.807) is 6.07 Å². The number of nitrogens with one attached hydrogen (secondary N) is 1. The van der Waals surface area contributed by atoms with E-state index in [9.17, 15) is 14.0 Å². The maximum atomic E-state index is 13.4. The van der Waals surface area contributed by atoms with Crippen LogP contribution >= 0.6 is 0 Å². The number of halogens is 1. The molecule has 0 saturated carbocycles. The Bertz CT molecular complexity index is 689. The molecule has 2 rings (SSSR count). The highest BCUT2D eigenvalue weighted by atomic mass is 19.1. The smallest absolute Gasteiger partial charge is 0.407 e. The summed E-state index contributed by atoms with van der Waals surface area (Å²) in [6.45, 7) is 9.37. The first-order chi connectivity index (χ1) is 13.4. The molecule has 1 aliphatic heterocycles. The van der Waals surface area contributed by atoms with Crippen LogP contribution in [-0.4, -0.2) is 62.5 Å². The van der Waals surface area contributed by atoms with Gasteiger partial charge in [-0.3, -0.25) is 4.79 Å². The van der Waals surface area contributed by atoms with Crippen LogP contribution in [0, 0.1) is 5.82 Å². The molecule has 28 heavy (non-hydrogen) atoms. The minimum atomic E-state index is -0.545. The first kappa shape index (κ1) is 21.7. The van der Waals surface area contributed by atoms with Crippen molar-refractivity contribution < 1.29 is 28.2 Å². The Morgan fingerprint density at radius 1 is 1.32 bits per heavy atom. The molecule has 1 aromatic rings. The molecule has 0 atom stereocenters. The van der Waals surface area contributed by atoms with E-state index < -0.39 is 6.09 Å². The summed E-state index contributed by atoms with van der Waals surface area (Å²) in [6, 6.07) is 4.51. The van der Waals surface area contributed by atoms with Crippen molar-refractivity contribution in [2.75, 3.05) is 39.5 Å². The molecule has 7 nitrogen and oxygen atoms in total. The molecule has 1 saturated heterocycles.